The van der Waals surface area contributed by atoms with E-state index >= 15 is 0 Å². The Bertz CT molecular complexity index is 670. The van der Waals surface area contributed by atoms with Gasteiger partial charge in [-0.25, -0.2) is 13.1 Å². The van der Waals surface area contributed by atoms with Crippen LogP contribution in [0.25, 0.3) is 0 Å². The lowest BCUT2D eigenvalue weighted by Gasteiger charge is -2.20. The van der Waals surface area contributed by atoms with Gasteiger partial charge in [0.2, 0.25) is 10.0 Å². The number of anilines is 1. The van der Waals surface area contributed by atoms with Gasteiger partial charge in [0.25, 0.3) is 5.91 Å². The number of hydrogen-bond donors (Lipinski definition) is 4. The van der Waals surface area contributed by atoms with Crippen LogP contribution in [0.5, 0.6) is 0 Å². The molecule has 4 N–H and O–H groups in total. The first-order valence-electron chi connectivity index (χ1n) is 8.76. The number of carbonyl (C=O) groups excluding carboxylic acids is 1. The third-order valence-electron chi connectivity index (χ3n) is 3.82. The Balaban J connectivity index is 1.90. The Morgan fingerprint density at radius 1 is 1.20 bits per heavy atom. The molecule has 1 aliphatic rings. The van der Waals surface area contributed by atoms with E-state index in [0.717, 1.165) is 25.7 Å². The number of hydrazine groups is 1. The normalized spacial score (nSPS) is 15.8. The number of amides is 1. The molecule has 0 bridgehead atoms. The maximum absolute atomic E-state index is 12.3. The predicted molar refractivity (Wildman–Crippen MR) is 98.5 cm³/mol. The molecule has 0 aromatic heterocycles. The number of carbonyl (C=O) groups is 1. The van der Waals surface area contributed by atoms with Gasteiger partial charge in [0, 0.05) is 12.1 Å². The first-order chi connectivity index (χ1) is 11.8. The van der Waals surface area contributed by atoms with Crippen molar-refractivity contribution in [3.63, 3.8) is 0 Å². The van der Waals surface area contributed by atoms with Crippen LogP contribution in [0.2, 0.25) is 0 Å². The zero-order chi connectivity index (χ0) is 18.4. The van der Waals surface area contributed by atoms with Crippen LogP contribution in [0.4, 0.5) is 5.69 Å². The van der Waals surface area contributed by atoms with Crippen molar-refractivity contribution in [3.05, 3.63) is 24.3 Å². The molecule has 0 radical (unpaired) electrons. The van der Waals surface area contributed by atoms with Gasteiger partial charge in [-0.1, -0.05) is 27.2 Å². The number of hydrogen-bond acceptors (Lipinski definition) is 5. The molecule has 7 nitrogen and oxygen atoms in total. The van der Waals surface area contributed by atoms with Gasteiger partial charge >= 0.3 is 0 Å². The van der Waals surface area contributed by atoms with E-state index < -0.39 is 10.0 Å². The molecule has 140 valence electrons. The van der Waals surface area contributed by atoms with Crippen molar-refractivity contribution in [1.82, 2.24) is 15.5 Å². The first kappa shape index (κ1) is 19.7. The standard InChI is InChI=1S/C17H28N4O3S/c1-4-5-16(18-12(2)3)17(22)20-19-13-8-10-15(11-9-13)25(23,24)21-14-6-7-14/h8-12,14,16,18-19,21H,4-7H2,1-3H3,(H,20,22)/t16-/m1/s1. The van der Waals surface area contributed by atoms with Gasteiger partial charge in [-0.2, -0.15) is 0 Å². The lowest BCUT2D eigenvalue weighted by atomic mass is 10.1. The third kappa shape index (κ3) is 6.30. The minimum Gasteiger partial charge on any atom is -0.304 e. The van der Waals surface area contributed by atoms with Crippen LogP contribution in [0, 0.1) is 0 Å². The molecular weight excluding hydrogens is 340 g/mol. The fourth-order valence-corrected chi connectivity index (χ4v) is 3.71. The van der Waals surface area contributed by atoms with Gasteiger partial charge in [0.15, 0.2) is 0 Å². The number of nitrogens with one attached hydrogen (secondary N) is 4. The topological polar surface area (TPSA) is 99.3 Å². The maximum Gasteiger partial charge on any atom is 0.255 e. The Morgan fingerprint density at radius 2 is 1.84 bits per heavy atom. The number of benzene rings is 1. The first-order valence-corrected chi connectivity index (χ1v) is 10.2. The predicted octanol–water partition coefficient (Wildman–Crippen LogP) is 1.74. The van der Waals surface area contributed by atoms with E-state index in [1.807, 2.05) is 20.8 Å². The monoisotopic (exact) mass is 368 g/mol. The summed E-state index contributed by atoms with van der Waals surface area (Å²) in [5, 5.41) is 3.23. The van der Waals surface area contributed by atoms with Crippen LogP contribution in [0.3, 0.4) is 0 Å². The average molecular weight is 369 g/mol. The number of sulfonamides is 1. The summed E-state index contributed by atoms with van der Waals surface area (Å²) in [7, 11) is -3.45. The second-order valence-corrected chi connectivity index (χ2v) is 8.41. The van der Waals surface area contributed by atoms with Crippen molar-refractivity contribution < 1.29 is 13.2 Å². The van der Waals surface area contributed by atoms with Crippen LogP contribution in [-0.2, 0) is 14.8 Å². The summed E-state index contributed by atoms with van der Waals surface area (Å²) in [6, 6.07) is 6.33. The van der Waals surface area contributed by atoms with Gasteiger partial charge in [-0.15, -0.1) is 0 Å². The fourth-order valence-electron chi connectivity index (χ4n) is 2.41. The number of rotatable bonds is 10. The molecular formula is C17H28N4O3S. The lowest BCUT2D eigenvalue weighted by molar-refractivity contribution is -0.123. The molecule has 25 heavy (non-hydrogen) atoms. The van der Waals surface area contributed by atoms with Crippen LogP contribution in [0.15, 0.2) is 29.2 Å². The zero-order valence-electron chi connectivity index (χ0n) is 15.0. The van der Waals surface area contributed by atoms with E-state index in [-0.39, 0.29) is 28.9 Å². The highest BCUT2D eigenvalue weighted by Gasteiger charge is 2.27. The Kier molecular flexibility index (Phi) is 6.80. The van der Waals surface area contributed by atoms with Crippen LogP contribution < -0.4 is 20.9 Å². The molecule has 0 aliphatic heterocycles. The molecule has 1 atom stereocenters. The van der Waals surface area contributed by atoms with E-state index in [0.29, 0.717) is 5.69 Å². The quantitative estimate of drug-likeness (QED) is 0.472. The molecule has 0 unspecified atom stereocenters. The van der Waals surface area contributed by atoms with E-state index in [9.17, 15) is 13.2 Å². The van der Waals surface area contributed by atoms with Crippen molar-refractivity contribution in [1.29, 1.82) is 0 Å². The van der Waals surface area contributed by atoms with Crippen LogP contribution in [-0.4, -0.2) is 32.5 Å². The van der Waals surface area contributed by atoms with E-state index in [4.69, 9.17) is 0 Å². The summed E-state index contributed by atoms with van der Waals surface area (Å²) in [5.74, 6) is -0.136. The van der Waals surface area contributed by atoms with E-state index in [1.54, 1.807) is 12.1 Å². The summed E-state index contributed by atoms with van der Waals surface area (Å²) in [4.78, 5) is 12.5. The molecule has 0 saturated heterocycles. The fraction of sp³-hybridized carbons (Fsp3) is 0.588. The molecule has 8 heteroatoms. The summed E-state index contributed by atoms with van der Waals surface area (Å²) < 4.78 is 26.9. The Hall–Kier alpha value is -1.64. The molecule has 0 heterocycles. The molecule has 0 spiro atoms. The summed E-state index contributed by atoms with van der Waals surface area (Å²) in [6.07, 6.45) is 3.44. The van der Waals surface area contributed by atoms with Crippen molar-refractivity contribution in [2.45, 2.75) is 69.5 Å². The largest absolute Gasteiger partial charge is 0.304 e. The SMILES string of the molecule is CCC[C@@H](NC(C)C)C(=O)NNc1ccc(S(=O)(=O)NC2CC2)cc1. The summed E-state index contributed by atoms with van der Waals surface area (Å²) >= 11 is 0. The van der Waals surface area contributed by atoms with Crippen molar-refractivity contribution in [3.8, 4) is 0 Å². The van der Waals surface area contributed by atoms with Crippen LogP contribution in [0.1, 0.15) is 46.5 Å². The molecule has 2 rings (SSSR count). The lowest BCUT2D eigenvalue weighted by Crippen LogP contribution is -2.48. The highest BCUT2D eigenvalue weighted by Crippen LogP contribution is 2.22. The summed E-state index contributed by atoms with van der Waals surface area (Å²) in [5.41, 5.74) is 6.13. The molecule has 1 saturated carbocycles. The van der Waals surface area contributed by atoms with Gasteiger partial charge in [-0.3, -0.25) is 15.6 Å². The van der Waals surface area contributed by atoms with E-state index in [1.165, 1.54) is 12.1 Å². The van der Waals surface area contributed by atoms with Crippen molar-refractivity contribution >= 4 is 21.6 Å². The zero-order valence-corrected chi connectivity index (χ0v) is 15.8. The Labute approximate surface area is 150 Å². The molecule has 1 aromatic carbocycles. The molecule has 1 fully saturated rings. The van der Waals surface area contributed by atoms with Gasteiger partial charge in [-0.05, 0) is 43.5 Å². The highest BCUT2D eigenvalue weighted by molar-refractivity contribution is 7.89. The minimum absolute atomic E-state index is 0.0750. The minimum atomic E-state index is -3.45. The van der Waals surface area contributed by atoms with Gasteiger partial charge in [0.1, 0.15) is 0 Å². The van der Waals surface area contributed by atoms with Crippen molar-refractivity contribution in [2.24, 2.45) is 0 Å². The molecule has 1 aromatic rings. The summed E-state index contributed by atoms with van der Waals surface area (Å²) in [6.45, 7) is 6.03. The maximum atomic E-state index is 12.3. The molecule has 1 amide bonds. The third-order valence-corrected chi connectivity index (χ3v) is 5.36. The Morgan fingerprint density at radius 3 is 2.36 bits per heavy atom. The van der Waals surface area contributed by atoms with Gasteiger partial charge < -0.3 is 5.32 Å². The van der Waals surface area contributed by atoms with Crippen molar-refractivity contribution in [2.75, 3.05) is 5.43 Å². The second kappa shape index (κ2) is 8.64. The smallest absolute Gasteiger partial charge is 0.255 e. The second-order valence-electron chi connectivity index (χ2n) is 6.70. The van der Waals surface area contributed by atoms with Gasteiger partial charge in [0.05, 0.1) is 16.6 Å². The highest BCUT2D eigenvalue weighted by atomic mass is 32.2. The van der Waals surface area contributed by atoms with E-state index in [2.05, 4.69) is 20.9 Å². The molecule has 1 aliphatic carbocycles. The van der Waals surface area contributed by atoms with Crippen LogP contribution >= 0.6 is 0 Å². The average Bonchev–Trinajstić information content (AvgIpc) is 3.35.